The molecular formula is C24H19F4N3O2. The topological polar surface area (TPSA) is 59.3 Å². The molecule has 2 heterocycles. The summed E-state index contributed by atoms with van der Waals surface area (Å²) in [6.07, 6.45) is 2.54. The molecule has 0 radical (unpaired) electrons. The van der Waals surface area contributed by atoms with Gasteiger partial charge in [0, 0.05) is 17.5 Å². The molecule has 0 bridgehead atoms. The van der Waals surface area contributed by atoms with Gasteiger partial charge in [-0.3, -0.25) is 0 Å². The van der Waals surface area contributed by atoms with E-state index in [1.165, 1.54) is 66.7 Å². The van der Waals surface area contributed by atoms with Gasteiger partial charge < -0.3 is 15.2 Å². The number of hydrogen-bond acceptors (Lipinski definition) is 4. The van der Waals surface area contributed by atoms with Crippen LogP contribution in [-0.4, -0.2) is 34.2 Å². The molecule has 0 amide bonds. The summed E-state index contributed by atoms with van der Waals surface area (Å²) in [6, 6.07) is 9.13. The van der Waals surface area contributed by atoms with E-state index in [2.05, 4.69) is 10.4 Å². The molecule has 0 spiro atoms. The number of methoxy groups -OCH3 is 1. The highest BCUT2D eigenvalue weighted by Gasteiger charge is 2.60. The van der Waals surface area contributed by atoms with E-state index in [1.54, 1.807) is 18.2 Å². The molecule has 9 heteroatoms. The van der Waals surface area contributed by atoms with Gasteiger partial charge in [0.05, 0.1) is 30.6 Å². The Morgan fingerprint density at radius 1 is 1.12 bits per heavy atom. The number of benzene rings is 2. The predicted octanol–water partition coefficient (Wildman–Crippen LogP) is 4.49. The third kappa shape index (κ3) is 3.31. The van der Waals surface area contributed by atoms with Crippen molar-refractivity contribution in [2.24, 2.45) is 5.92 Å². The van der Waals surface area contributed by atoms with Crippen LogP contribution in [-0.2, 0) is 10.3 Å². The fraction of sp³-hybridized carbons (Fsp3) is 0.208. The molecule has 3 atom stereocenters. The summed E-state index contributed by atoms with van der Waals surface area (Å²) < 4.78 is 63.2. The quantitative estimate of drug-likeness (QED) is 0.567. The van der Waals surface area contributed by atoms with Gasteiger partial charge in [-0.15, -0.1) is 0 Å². The molecule has 3 unspecified atom stereocenters. The minimum atomic E-state index is -4.98. The molecule has 0 saturated carbocycles. The van der Waals surface area contributed by atoms with Crippen LogP contribution >= 0.6 is 0 Å². The number of aromatic nitrogens is 2. The molecular weight excluding hydrogens is 438 g/mol. The zero-order valence-electron chi connectivity index (χ0n) is 17.3. The normalized spacial score (nSPS) is 21.8. The molecule has 33 heavy (non-hydrogen) atoms. The van der Waals surface area contributed by atoms with E-state index in [1.807, 2.05) is 0 Å². The lowest BCUT2D eigenvalue weighted by Gasteiger charge is -2.35. The molecule has 2 N–H and O–H groups in total. The first-order chi connectivity index (χ1) is 15.7. The van der Waals surface area contributed by atoms with Crippen molar-refractivity contribution in [3.63, 3.8) is 0 Å². The van der Waals surface area contributed by atoms with Crippen molar-refractivity contribution in [3.8, 4) is 5.69 Å². The van der Waals surface area contributed by atoms with E-state index < -0.39 is 29.6 Å². The average molecular weight is 457 g/mol. The molecule has 1 aliphatic heterocycles. The summed E-state index contributed by atoms with van der Waals surface area (Å²) in [6.45, 7) is 0. The molecule has 2 aliphatic rings. The Morgan fingerprint density at radius 3 is 2.58 bits per heavy atom. The van der Waals surface area contributed by atoms with Crippen molar-refractivity contribution in [2.75, 3.05) is 7.11 Å². The van der Waals surface area contributed by atoms with Crippen molar-refractivity contribution in [2.45, 2.75) is 17.8 Å². The number of alkyl halides is 3. The molecule has 170 valence electrons. The monoisotopic (exact) mass is 457 g/mol. The highest BCUT2D eigenvalue weighted by Crippen LogP contribution is 2.50. The highest BCUT2D eigenvalue weighted by atomic mass is 19.4. The van der Waals surface area contributed by atoms with E-state index in [4.69, 9.17) is 4.74 Å². The minimum Gasteiger partial charge on any atom is -0.497 e. The summed E-state index contributed by atoms with van der Waals surface area (Å²) in [5, 5.41) is 18.8. The van der Waals surface area contributed by atoms with Crippen molar-refractivity contribution >= 4 is 10.9 Å². The molecule has 1 aromatic heterocycles. The van der Waals surface area contributed by atoms with Gasteiger partial charge in [0.25, 0.3) is 0 Å². The number of rotatable bonds is 4. The van der Waals surface area contributed by atoms with Crippen LogP contribution in [0.4, 0.5) is 17.6 Å². The van der Waals surface area contributed by atoms with E-state index in [9.17, 15) is 22.7 Å². The number of nitrogens with one attached hydrogen (secondary N) is 1. The Kier molecular flexibility index (Phi) is 4.82. The van der Waals surface area contributed by atoms with Gasteiger partial charge >= 0.3 is 6.18 Å². The standard InChI is InChI=1S/C24H19F4N3O2/c1-33-18-7-8-19-20(13-29-21(19)11-18)23(32,24(26,27)28)15-2-9-22-14(10-15)12-30-31(22)17-5-3-16(25)4-6-17/h2-13,19,21,29,32H,1H3. The van der Waals surface area contributed by atoms with Crippen molar-refractivity contribution in [1.82, 2.24) is 15.1 Å². The van der Waals surface area contributed by atoms with Gasteiger partial charge in [-0.1, -0.05) is 12.1 Å². The van der Waals surface area contributed by atoms with Gasteiger partial charge in [0.15, 0.2) is 0 Å². The second kappa shape index (κ2) is 7.48. The second-order valence-corrected chi connectivity index (χ2v) is 7.96. The third-order valence-electron chi connectivity index (χ3n) is 6.11. The highest BCUT2D eigenvalue weighted by molar-refractivity contribution is 5.81. The second-order valence-electron chi connectivity index (χ2n) is 7.96. The summed E-state index contributed by atoms with van der Waals surface area (Å²) in [5.74, 6) is -0.578. The van der Waals surface area contributed by atoms with Gasteiger partial charge in [-0.05, 0) is 59.7 Å². The molecule has 2 aromatic carbocycles. The summed E-state index contributed by atoms with van der Waals surface area (Å²) >= 11 is 0. The van der Waals surface area contributed by atoms with Crippen LogP contribution in [0.3, 0.4) is 0 Å². The largest absolute Gasteiger partial charge is 0.497 e. The van der Waals surface area contributed by atoms with Crippen molar-refractivity contribution in [1.29, 1.82) is 0 Å². The Labute approximate surface area is 186 Å². The van der Waals surface area contributed by atoms with Gasteiger partial charge in [0.2, 0.25) is 5.60 Å². The number of hydrogen-bond donors (Lipinski definition) is 2. The van der Waals surface area contributed by atoms with Crippen LogP contribution in [0.2, 0.25) is 0 Å². The zero-order chi connectivity index (χ0) is 23.4. The van der Waals surface area contributed by atoms with Crippen molar-refractivity contribution < 1.29 is 27.4 Å². The lowest BCUT2D eigenvalue weighted by atomic mass is 9.77. The van der Waals surface area contributed by atoms with E-state index in [-0.39, 0.29) is 11.1 Å². The fourth-order valence-corrected chi connectivity index (χ4v) is 4.41. The Balaban J connectivity index is 1.58. The van der Waals surface area contributed by atoms with Crippen LogP contribution in [0.1, 0.15) is 5.56 Å². The third-order valence-corrected chi connectivity index (χ3v) is 6.11. The minimum absolute atomic E-state index is 0.201. The maximum Gasteiger partial charge on any atom is 0.425 e. The summed E-state index contributed by atoms with van der Waals surface area (Å²) in [4.78, 5) is 0. The lowest BCUT2D eigenvalue weighted by molar-refractivity contribution is -0.251. The molecule has 0 saturated heterocycles. The van der Waals surface area contributed by atoms with Crippen LogP contribution in [0, 0.1) is 11.7 Å². The Hall–Kier alpha value is -3.59. The molecule has 5 nitrogen and oxygen atoms in total. The number of ether oxygens (including phenoxy) is 1. The smallest absolute Gasteiger partial charge is 0.425 e. The molecule has 3 aromatic rings. The molecule has 5 rings (SSSR count). The van der Waals surface area contributed by atoms with Crippen LogP contribution in [0.5, 0.6) is 0 Å². The van der Waals surface area contributed by atoms with Crippen LogP contribution in [0.15, 0.2) is 84.4 Å². The predicted molar refractivity (Wildman–Crippen MR) is 114 cm³/mol. The Morgan fingerprint density at radius 2 is 1.88 bits per heavy atom. The lowest BCUT2D eigenvalue weighted by Crippen LogP contribution is -2.46. The first kappa shape index (κ1) is 21.3. The molecule has 0 fully saturated rings. The van der Waals surface area contributed by atoms with Crippen LogP contribution in [0.25, 0.3) is 16.6 Å². The number of allylic oxidation sites excluding steroid dienone is 1. The van der Waals surface area contributed by atoms with Crippen LogP contribution < -0.4 is 5.32 Å². The van der Waals surface area contributed by atoms with E-state index in [0.29, 0.717) is 22.3 Å². The summed E-state index contributed by atoms with van der Waals surface area (Å²) in [5.41, 5.74) is -2.65. The van der Waals surface area contributed by atoms with Gasteiger partial charge in [-0.2, -0.15) is 18.3 Å². The maximum absolute atomic E-state index is 14.4. The fourth-order valence-electron chi connectivity index (χ4n) is 4.41. The van der Waals surface area contributed by atoms with Crippen molar-refractivity contribution in [3.05, 3.63) is 95.8 Å². The first-order valence-corrected chi connectivity index (χ1v) is 10.2. The SMILES string of the molecule is COC1=CC2NC=C(C(O)(c3ccc4c(cnn4-c4ccc(F)cc4)c3)C(F)(F)F)C2C=C1. The average Bonchev–Trinajstić information content (AvgIpc) is 3.42. The Bertz CT molecular complexity index is 1310. The first-order valence-electron chi connectivity index (χ1n) is 10.2. The summed E-state index contributed by atoms with van der Waals surface area (Å²) in [7, 11) is 1.48. The number of aliphatic hydroxyl groups is 1. The van der Waals surface area contributed by atoms with Gasteiger partial charge in [0.1, 0.15) is 11.6 Å². The number of nitrogens with zero attached hydrogens (tertiary/aromatic N) is 2. The maximum atomic E-state index is 14.4. The van der Waals surface area contributed by atoms with E-state index in [0.717, 1.165) is 0 Å². The van der Waals surface area contributed by atoms with Gasteiger partial charge in [-0.25, -0.2) is 9.07 Å². The number of halogens is 4. The molecule has 1 aliphatic carbocycles. The zero-order valence-corrected chi connectivity index (χ0v) is 17.3. The number of fused-ring (bicyclic) bond motifs is 2. The van der Waals surface area contributed by atoms with E-state index >= 15 is 0 Å².